The van der Waals surface area contributed by atoms with E-state index in [9.17, 15) is 22.4 Å². The first kappa shape index (κ1) is 26.8. The van der Waals surface area contributed by atoms with E-state index in [-0.39, 0.29) is 24.2 Å². The van der Waals surface area contributed by atoms with Gasteiger partial charge in [0.05, 0.1) is 0 Å². The zero-order chi connectivity index (χ0) is 26.9. The Bertz CT molecular complexity index is 1290. The lowest BCUT2D eigenvalue weighted by Gasteiger charge is -2.36. The quantitative estimate of drug-likeness (QED) is 0.516. The molecule has 2 saturated heterocycles. The van der Waals surface area contributed by atoms with Crippen LogP contribution in [-0.2, 0) is 19.8 Å². The van der Waals surface area contributed by atoms with E-state index in [2.05, 4.69) is 5.32 Å². The molecule has 204 valence electrons. The standard InChI is InChI=1S/C28H35FN4O4S/c1-20-9-5-6-14-24(20)26(27(34)30-22-11-3-2-4-12-22)33(23-13-7-10-21(29)19-23)28(35)25-15-8-16-32(25)38(36,37)31-17-18-31/h5-7,9-10,13-14,19,22,25-26H,2-4,8,11-12,15-18H2,1H3,(H,30,34)/t25-,26?/m0/s1. The molecule has 2 aromatic carbocycles. The number of aryl methyl sites for hydroxylation is 1. The lowest BCUT2D eigenvalue weighted by molar-refractivity contribution is -0.128. The third-order valence-corrected chi connectivity index (χ3v) is 9.83. The predicted octanol–water partition coefficient (Wildman–Crippen LogP) is 3.68. The highest BCUT2D eigenvalue weighted by Gasteiger charge is 2.48. The van der Waals surface area contributed by atoms with Gasteiger partial charge in [0.2, 0.25) is 11.8 Å². The van der Waals surface area contributed by atoms with Crippen LogP contribution in [0.2, 0.25) is 0 Å². The topological polar surface area (TPSA) is 89.8 Å². The van der Waals surface area contributed by atoms with Gasteiger partial charge in [-0.15, -0.1) is 0 Å². The number of carbonyl (C=O) groups is 2. The molecule has 0 bridgehead atoms. The van der Waals surface area contributed by atoms with Crippen molar-refractivity contribution in [1.29, 1.82) is 0 Å². The Balaban J connectivity index is 1.58. The van der Waals surface area contributed by atoms with Crippen LogP contribution in [0.1, 0.15) is 62.1 Å². The molecule has 3 fully saturated rings. The molecule has 2 heterocycles. The molecule has 3 aliphatic rings. The molecule has 2 aliphatic heterocycles. The Kier molecular flexibility index (Phi) is 7.83. The van der Waals surface area contributed by atoms with E-state index < -0.39 is 34.0 Å². The van der Waals surface area contributed by atoms with Crippen LogP contribution >= 0.6 is 0 Å². The number of carbonyl (C=O) groups excluding carboxylic acids is 2. The van der Waals surface area contributed by atoms with E-state index in [0.717, 1.165) is 37.7 Å². The first-order valence-electron chi connectivity index (χ1n) is 13.5. The van der Waals surface area contributed by atoms with Crippen LogP contribution in [0, 0.1) is 12.7 Å². The number of amides is 2. The predicted molar refractivity (Wildman–Crippen MR) is 143 cm³/mol. The van der Waals surface area contributed by atoms with Crippen LogP contribution in [0.4, 0.5) is 10.1 Å². The molecule has 1 aliphatic carbocycles. The van der Waals surface area contributed by atoms with Crippen molar-refractivity contribution in [3.05, 3.63) is 65.5 Å². The number of rotatable bonds is 8. The summed E-state index contributed by atoms with van der Waals surface area (Å²) >= 11 is 0. The highest BCUT2D eigenvalue weighted by Crippen LogP contribution is 2.35. The lowest BCUT2D eigenvalue weighted by atomic mass is 9.93. The van der Waals surface area contributed by atoms with E-state index in [0.29, 0.717) is 31.5 Å². The van der Waals surface area contributed by atoms with Crippen LogP contribution in [0.3, 0.4) is 0 Å². The summed E-state index contributed by atoms with van der Waals surface area (Å²) in [5.41, 5.74) is 1.65. The molecule has 1 N–H and O–H groups in total. The van der Waals surface area contributed by atoms with E-state index in [1.165, 1.54) is 31.7 Å². The third-order valence-electron chi connectivity index (χ3n) is 7.78. The summed E-state index contributed by atoms with van der Waals surface area (Å²) in [6.07, 6.45) is 5.78. The Morgan fingerprint density at radius 2 is 1.71 bits per heavy atom. The van der Waals surface area contributed by atoms with Crippen LogP contribution in [0.5, 0.6) is 0 Å². The van der Waals surface area contributed by atoms with Gasteiger partial charge in [0.25, 0.3) is 10.2 Å². The maximum atomic E-state index is 14.5. The largest absolute Gasteiger partial charge is 0.351 e. The monoisotopic (exact) mass is 542 g/mol. The third kappa shape index (κ3) is 5.48. The molecular formula is C28H35FN4O4S. The van der Waals surface area contributed by atoms with Gasteiger partial charge in [-0.2, -0.15) is 17.0 Å². The average molecular weight is 543 g/mol. The number of hydrogen-bond acceptors (Lipinski definition) is 4. The van der Waals surface area contributed by atoms with Crippen molar-refractivity contribution in [1.82, 2.24) is 13.9 Å². The molecule has 0 aromatic heterocycles. The summed E-state index contributed by atoms with van der Waals surface area (Å²) in [5.74, 6) is -1.41. The Morgan fingerprint density at radius 1 is 0.974 bits per heavy atom. The fourth-order valence-electron chi connectivity index (χ4n) is 5.69. The SMILES string of the molecule is Cc1ccccc1C(C(=O)NC1CCCCC1)N(C(=O)[C@@H]1CCCN1S(=O)(=O)N1CC1)c1cccc(F)c1. The number of anilines is 1. The van der Waals surface area contributed by atoms with Gasteiger partial charge < -0.3 is 5.32 Å². The molecule has 5 rings (SSSR count). The highest BCUT2D eigenvalue weighted by molar-refractivity contribution is 7.87. The first-order chi connectivity index (χ1) is 18.3. The Morgan fingerprint density at radius 3 is 2.39 bits per heavy atom. The molecule has 10 heteroatoms. The summed E-state index contributed by atoms with van der Waals surface area (Å²) in [5, 5.41) is 3.16. The molecule has 0 radical (unpaired) electrons. The zero-order valence-electron chi connectivity index (χ0n) is 21.7. The summed E-state index contributed by atoms with van der Waals surface area (Å²) in [6.45, 7) is 2.97. The summed E-state index contributed by atoms with van der Waals surface area (Å²) < 4.78 is 43.4. The van der Waals surface area contributed by atoms with Gasteiger partial charge >= 0.3 is 0 Å². The molecule has 2 atom stereocenters. The van der Waals surface area contributed by atoms with E-state index in [1.807, 2.05) is 25.1 Å². The van der Waals surface area contributed by atoms with E-state index in [1.54, 1.807) is 12.1 Å². The maximum absolute atomic E-state index is 14.5. The Labute approximate surface area is 224 Å². The molecule has 2 amide bonds. The minimum Gasteiger partial charge on any atom is -0.351 e. The highest BCUT2D eigenvalue weighted by atomic mass is 32.2. The molecule has 1 saturated carbocycles. The van der Waals surface area contributed by atoms with Gasteiger partial charge in [-0.3, -0.25) is 14.5 Å². The number of benzene rings is 2. The summed E-state index contributed by atoms with van der Waals surface area (Å²) in [7, 11) is -3.78. The van der Waals surface area contributed by atoms with Crippen molar-refractivity contribution >= 4 is 27.7 Å². The molecule has 0 spiro atoms. The van der Waals surface area contributed by atoms with Crippen molar-refractivity contribution in [2.75, 3.05) is 24.5 Å². The first-order valence-corrected chi connectivity index (χ1v) is 14.9. The number of nitrogens with one attached hydrogen (secondary N) is 1. The fourth-order valence-corrected chi connectivity index (χ4v) is 7.41. The number of halogens is 1. The van der Waals surface area contributed by atoms with Gasteiger partial charge in [0.15, 0.2) is 0 Å². The van der Waals surface area contributed by atoms with Crippen LogP contribution < -0.4 is 10.2 Å². The van der Waals surface area contributed by atoms with Gasteiger partial charge in [-0.05, 0) is 61.9 Å². The average Bonchev–Trinajstić information content (AvgIpc) is 3.65. The van der Waals surface area contributed by atoms with Crippen molar-refractivity contribution < 1.29 is 22.4 Å². The van der Waals surface area contributed by atoms with Crippen molar-refractivity contribution in [3.63, 3.8) is 0 Å². The maximum Gasteiger partial charge on any atom is 0.282 e. The van der Waals surface area contributed by atoms with Crippen molar-refractivity contribution in [2.45, 2.75) is 70.0 Å². The minimum atomic E-state index is -3.78. The van der Waals surface area contributed by atoms with Crippen LogP contribution in [0.15, 0.2) is 48.5 Å². The molecule has 1 unspecified atom stereocenters. The summed E-state index contributed by atoms with van der Waals surface area (Å²) in [4.78, 5) is 29.7. The van der Waals surface area contributed by atoms with Gasteiger partial charge in [-0.1, -0.05) is 49.6 Å². The second-order valence-electron chi connectivity index (χ2n) is 10.5. The molecular weight excluding hydrogens is 507 g/mol. The molecule has 38 heavy (non-hydrogen) atoms. The van der Waals surface area contributed by atoms with Crippen molar-refractivity contribution in [3.8, 4) is 0 Å². The zero-order valence-corrected chi connectivity index (χ0v) is 22.5. The second kappa shape index (κ2) is 11.1. The molecule has 8 nitrogen and oxygen atoms in total. The lowest BCUT2D eigenvalue weighted by Crippen LogP contribution is -2.53. The van der Waals surface area contributed by atoms with Crippen molar-refractivity contribution in [2.24, 2.45) is 0 Å². The minimum absolute atomic E-state index is 0.00162. The van der Waals surface area contributed by atoms with Gasteiger partial charge in [0.1, 0.15) is 17.9 Å². The van der Waals surface area contributed by atoms with E-state index in [4.69, 9.17) is 0 Å². The second-order valence-corrected chi connectivity index (χ2v) is 12.3. The van der Waals surface area contributed by atoms with Gasteiger partial charge in [-0.25, -0.2) is 4.39 Å². The number of nitrogens with zero attached hydrogens (tertiary/aromatic N) is 3. The van der Waals surface area contributed by atoms with E-state index >= 15 is 0 Å². The van der Waals surface area contributed by atoms with Crippen LogP contribution in [0.25, 0.3) is 0 Å². The van der Waals surface area contributed by atoms with Gasteiger partial charge in [0, 0.05) is 31.4 Å². The fraction of sp³-hybridized carbons (Fsp3) is 0.500. The van der Waals surface area contributed by atoms with Crippen LogP contribution in [-0.4, -0.2) is 60.6 Å². The smallest absolute Gasteiger partial charge is 0.282 e. The summed E-state index contributed by atoms with van der Waals surface area (Å²) in [6, 6.07) is 10.9. The molecule has 2 aromatic rings. The Hall–Kier alpha value is -2.82. The number of hydrogen-bond donors (Lipinski definition) is 1. The normalized spacial score (nSPS) is 21.7.